The van der Waals surface area contributed by atoms with Gasteiger partial charge in [-0.1, -0.05) is 6.07 Å². The molecule has 7 heteroatoms. The fourth-order valence-corrected chi connectivity index (χ4v) is 4.92. The Kier molecular flexibility index (Phi) is 5.02. The number of carbonyl (C=O) groups is 1. The maximum Gasteiger partial charge on any atom is 0.261 e. The Morgan fingerprint density at radius 3 is 2.64 bits per heavy atom. The summed E-state index contributed by atoms with van der Waals surface area (Å²) in [5.41, 5.74) is 3.08. The summed E-state index contributed by atoms with van der Waals surface area (Å²) in [7, 11) is -3.73. The van der Waals surface area contributed by atoms with Crippen LogP contribution < -0.4 is 9.46 Å². The number of ether oxygens (including phenoxy) is 1. The van der Waals surface area contributed by atoms with Gasteiger partial charge in [0.05, 0.1) is 17.0 Å². The molecule has 0 unspecified atom stereocenters. The molecule has 0 saturated carbocycles. The van der Waals surface area contributed by atoms with Crippen LogP contribution in [0.1, 0.15) is 41.3 Å². The second kappa shape index (κ2) is 7.47. The van der Waals surface area contributed by atoms with Gasteiger partial charge in [0.2, 0.25) is 0 Å². The molecule has 0 aromatic heterocycles. The standard InChI is InChI=1S/C21H24N2O4S/c1-2-23-11-12-27-20-10-8-17(14-19(20)21(23)24)22-28(25,26)18-9-7-15-5-3-4-6-16(15)13-18/h7-10,13-14,22H,2-6,11-12H2,1H3. The number of likely N-dealkylation sites (N-methyl/N-ethyl adjacent to an activating group) is 1. The molecule has 0 radical (unpaired) electrons. The summed E-state index contributed by atoms with van der Waals surface area (Å²) in [6.45, 7) is 3.42. The fraction of sp³-hybridized carbons (Fsp3) is 0.381. The molecule has 148 valence electrons. The molecule has 1 aliphatic carbocycles. The Morgan fingerprint density at radius 2 is 1.86 bits per heavy atom. The van der Waals surface area contributed by atoms with Crippen LogP contribution in [0.15, 0.2) is 41.3 Å². The first-order chi connectivity index (χ1) is 13.5. The number of hydrogen-bond donors (Lipinski definition) is 1. The molecule has 28 heavy (non-hydrogen) atoms. The third-order valence-electron chi connectivity index (χ3n) is 5.38. The molecule has 2 aliphatic rings. The van der Waals surface area contributed by atoms with Crippen molar-refractivity contribution in [1.82, 2.24) is 4.90 Å². The lowest BCUT2D eigenvalue weighted by atomic mass is 9.92. The van der Waals surface area contributed by atoms with E-state index in [0.717, 1.165) is 31.2 Å². The van der Waals surface area contributed by atoms with Crippen LogP contribution in [0.25, 0.3) is 0 Å². The van der Waals surface area contributed by atoms with E-state index in [1.54, 1.807) is 35.2 Å². The molecule has 0 saturated heterocycles. The maximum absolute atomic E-state index is 12.9. The highest BCUT2D eigenvalue weighted by Gasteiger charge is 2.24. The van der Waals surface area contributed by atoms with E-state index in [2.05, 4.69) is 4.72 Å². The summed E-state index contributed by atoms with van der Waals surface area (Å²) >= 11 is 0. The molecular weight excluding hydrogens is 376 g/mol. The van der Waals surface area contributed by atoms with Crippen LogP contribution in [0.4, 0.5) is 5.69 Å². The number of nitrogens with one attached hydrogen (secondary N) is 1. The van der Waals surface area contributed by atoms with Crippen LogP contribution in [0.3, 0.4) is 0 Å². The number of aryl methyl sites for hydroxylation is 2. The predicted molar refractivity (Wildman–Crippen MR) is 107 cm³/mol. The molecule has 2 aromatic rings. The quantitative estimate of drug-likeness (QED) is 0.855. The molecule has 0 bridgehead atoms. The summed E-state index contributed by atoms with van der Waals surface area (Å²) in [5.74, 6) is 0.336. The number of nitrogens with zero attached hydrogens (tertiary/aromatic N) is 1. The highest BCUT2D eigenvalue weighted by atomic mass is 32.2. The molecule has 4 rings (SSSR count). The Bertz CT molecular complexity index is 1020. The molecule has 0 atom stereocenters. The van der Waals surface area contributed by atoms with Gasteiger partial charge in [-0.3, -0.25) is 9.52 Å². The van der Waals surface area contributed by atoms with Crippen molar-refractivity contribution in [3.8, 4) is 5.75 Å². The summed E-state index contributed by atoms with van der Waals surface area (Å²) in [6.07, 6.45) is 4.16. The number of amides is 1. The fourth-order valence-electron chi connectivity index (χ4n) is 3.82. The Morgan fingerprint density at radius 1 is 1.07 bits per heavy atom. The van der Waals surface area contributed by atoms with Gasteiger partial charge in [-0.15, -0.1) is 0 Å². The van der Waals surface area contributed by atoms with Crippen LogP contribution in [0.2, 0.25) is 0 Å². The van der Waals surface area contributed by atoms with E-state index in [1.165, 1.54) is 5.56 Å². The number of anilines is 1. The maximum atomic E-state index is 12.9. The zero-order valence-electron chi connectivity index (χ0n) is 15.9. The van der Waals surface area contributed by atoms with Gasteiger partial charge >= 0.3 is 0 Å². The van der Waals surface area contributed by atoms with Crippen molar-refractivity contribution < 1.29 is 17.9 Å². The molecule has 6 nitrogen and oxygen atoms in total. The van der Waals surface area contributed by atoms with Gasteiger partial charge in [-0.2, -0.15) is 0 Å². The van der Waals surface area contributed by atoms with Crippen molar-refractivity contribution in [3.63, 3.8) is 0 Å². The van der Waals surface area contributed by atoms with Gasteiger partial charge < -0.3 is 9.64 Å². The minimum Gasteiger partial charge on any atom is -0.491 e. The van der Waals surface area contributed by atoms with Crippen molar-refractivity contribution >= 4 is 21.6 Å². The van der Waals surface area contributed by atoms with E-state index in [0.29, 0.717) is 36.7 Å². The van der Waals surface area contributed by atoms with Gasteiger partial charge in [-0.25, -0.2) is 8.42 Å². The van der Waals surface area contributed by atoms with E-state index >= 15 is 0 Å². The first-order valence-electron chi connectivity index (χ1n) is 9.68. The van der Waals surface area contributed by atoms with Gasteiger partial charge in [0.1, 0.15) is 12.4 Å². The zero-order valence-corrected chi connectivity index (χ0v) is 16.7. The molecule has 1 heterocycles. The number of sulfonamides is 1. The highest BCUT2D eigenvalue weighted by molar-refractivity contribution is 7.92. The van der Waals surface area contributed by atoms with E-state index in [4.69, 9.17) is 4.74 Å². The van der Waals surface area contributed by atoms with Crippen LogP contribution in [0, 0.1) is 0 Å². The summed E-state index contributed by atoms with van der Waals surface area (Å²) in [6, 6.07) is 10.2. The first kappa shape index (κ1) is 18.8. The minimum atomic E-state index is -3.73. The molecule has 1 amide bonds. The molecule has 1 aliphatic heterocycles. The average molecular weight is 401 g/mol. The molecule has 1 N–H and O–H groups in total. The van der Waals surface area contributed by atoms with E-state index in [1.807, 2.05) is 13.0 Å². The van der Waals surface area contributed by atoms with E-state index in [-0.39, 0.29) is 10.8 Å². The summed E-state index contributed by atoms with van der Waals surface area (Å²) < 4.78 is 34.0. The Hall–Kier alpha value is -2.54. The smallest absolute Gasteiger partial charge is 0.261 e. The number of fused-ring (bicyclic) bond motifs is 2. The normalized spacial score (nSPS) is 16.6. The third kappa shape index (κ3) is 3.58. The molecule has 2 aromatic carbocycles. The second-order valence-electron chi connectivity index (χ2n) is 7.19. The third-order valence-corrected chi connectivity index (χ3v) is 6.76. The van der Waals surface area contributed by atoms with Gasteiger partial charge in [0.15, 0.2) is 0 Å². The number of benzene rings is 2. The highest BCUT2D eigenvalue weighted by Crippen LogP contribution is 2.29. The van der Waals surface area contributed by atoms with Crippen LogP contribution >= 0.6 is 0 Å². The van der Waals surface area contributed by atoms with Crippen molar-refractivity contribution in [2.24, 2.45) is 0 Å². The number of carbonyl (C=O) groups excluding carboxylic acids is 1. The number of hydrogen-bond acceptors (Lipinski definition) is 4. The molecule has 0 fully saturated rings. The lowest BCUT2D eigenvalue weighted by molar-refractivity contribution is 0.0765. The Balaban J connectivity index is 1.63. The van der Waals surface area contributed by atoms with Gasteiger partial charge in [-0.05, 0) is 74.1 Å². The van der Waals surface area contributed by atoms with Crippen molar-refractivity contribution in [2.75, 3.05) is 24.4 Å². The zero-order chi connectivity index (χ0) is 19.7. The van der Waals surface area contributed by atoms with Crippen molar-refractivity contribution in [2.45, 2.75) is 37.5 Å². The average Bonchev–Trinajstić information content (AvgIpc) is 2.86. The van der Waals surface area contributed by atoms with Gasteiger partial charge in [0, 0.05) is 12.2 Å². The lowest BCUT2D eigenvalue weighted by Crippen LogP contribution is -2.32. The topological polar surface area (TPSA) is 75.7 Å². The van der Waals surface area contributed by atoms with E-state index < -0.39 is 10.0 Å². The van der Waals surface area contributed by atoms with Gasteiger partial charge in [0.25, 0.3) is 15.9 Å². The van der Waals surface area contributed by atoms with Crippen molar-refractivity contribution in [3.05, 3.63) is 53.1 Å². The van der Waals surface area contributed by atoms with Crippen molar-refractivity contribution in [1.29, 1.82) is 0 Å². The SMILES string of the molecule is CCN1CCOc2ccc(NS(=O)(=O)c3ccc4c(c3)CCCC4)cc2C1=O. The Labute approximate surface area is 165 Å². The van der Waals surface area contributed by atoms with Crippen LogP contribution in [-0.2, 0) is 22.9 Å². The lowest BCUT2D eigenvalue weighted by Gasteiger charge is -2.18. The molecular formula is C21H24N2O4S. The summed E-state index contributed by atoms with van der Waals surface area (Å²) in [5, 5.41) is 0. The predicted octanol–water partition coefficient (Wildman–Crippen LogP) is 3.22. The van der Waals surface area contributed by atoms with E-state index in [9.17, 15) is 13.2 Å². The minimum absolute atomic E-state index is 0.148. The monoisotopic (exact) mass is 400 g/mol. The summed E-state index contributed by atoms with van der Waals surface area (Å²) in [4.78, 5) is 14.6. The molecule has 0 spiro atoms. The number of rotatable bonds is 4. The first-order valence-corrected chi connectivity index (χ1v) is 11.2. The largest absolute Gasteiger partial charge is 0.491 e. The van der Waals surface area contributed by atoms with Crippen LogP contribution in [-0.4, -0.2) is 38.9 Å². The van der Waals surface area contributed by atoms with Crippen LogP contribution in [0.5, 0.6) is 5.75 Å². The second-order valence-corrected chi connectivity index (χ2v) is 8.87.